The third kappa shape index (κ3) is 9.96. The van der Waals surface area contributed by atoms with Gasteiger partial charge in [0.2, 0.25) is 0 Å². The lowest BCUT2D eigenvalue weighted by atomic mass is 10.2. The highest BCUT2D eigenvalue weighted by atomic mass is 15.1. The molecule has 1 unspecified atom stereocenters. The molecule has 0 aliphatic rings. The first-order valence-electron chi connectivity index (χ1n) is 5.61. The molecule has 0 bridgehead atoms. The summed E-state index contributed by atoms with van der Waals surface area (Å²) in [5.41, 5.74) is 0. The van der Waals surface area contributed by atoms with Gasteiger partial charge in [0, 0.05) is 25.7 Å². The zero-order valence-corrected chi connectivity index (χ0v) is 10.4. The van der Waals surface area contributed by atoms with Gasteiger partial charge in [0.1, 0.15) is 0 Å². The highest BCUT2D eigenvalue weighted by Gasteiger charge is 2.00. The smallest absolute Gasteiger partial charge is 0.0164 e. The molecule has 0 amide bonds. The SMILES string of the molecule is CC(C)CNCC(C)NCCN(C)C. The Kier molecular flexibility index (Phi) is 8.14. The monoisotopic (exact) mass is 201 g/mol. The summed E-state index contributed by atoms with van der Waals surface area (Å²) in [5, 5.41) is 6.93. The number of nitrogens with one attached hydrogen (secondary N) is 2. The van der Waals surface area contributed by atoms with Crippen LogP contribution in [0.1, 0.15) is 20.8 Å². The molecule has 2 N–H and O–H groups in total. The Bertz CT molecular complexity index is 110. The second-order valence-corrected chi connectivity index (χ2v) is 4.71. The van der Waals surface area contributed by atoms with Crippen LogP contribution in [-0.4, -0.2) is 51.2 Å². The number of rotatable bonds is 8. The molecule has 86 valence electrons. The van der Waals surface area contributed by atoms with Crippen LogP contribution in [0.3, 0.4) is 0 Å². The molecule has 0 saturated heterocycles. The normalized spacial score (nSPS) is 13.9. The molecular weight excluding hydrogens is 174 g/mol. The molecule has 0 saturated carbocycles. The van der Waals surface area contributed by atoms with Crippen molar-refractivity contribution >= 4 is 0 Å². The molecule has 1 atom stereocenters. The molecule has 0 aromatic heterocycles. The Morgan fingerprint density at radius 3 is 2.21 bits per heavy atom. The van der Waals surface area contributed by atoms with E-state index in [1.165, 1.54) is 0 Å². The summed E-state index contributed by atoms with van der Waals surface area (Å²) in [6.45, 7) is 11.0. The molecule has 0 heterocycles. The van der Waals surface area contributed by atoms with Gasteiger partial charge in [-0.25, -0.2) is 0 Å². The summed E-state index contributed by atoms with van der Waals surface area (Å²) in [6.07, 6.45) is 0. The summed E-state index contributed by atoms with van der Waals surface area (Å²) in [4.78, 5) is 2.20. The van der Waals surface area contributed by atoms with Gasteiger partial charge >= 0.3 is 0 Å². The van der Waals surface area contributed by atoms with Gasteiger partial charge in [0.05, 0.1) is 0 Å². The Balaban J connectivity index is 3.23. The van der Waals surface area contributed by atoms with E-state index in [9.17, 15) is 0 Å². The molecule has 14 heavy (non-hydrogen) atoms. The summed E-state index contributed by atoms with van der Waals surface area (Å²) in [6, 6.07) is 0.564. The van der Waals surface area contributed by atoms with E-state index >= 15 is 0 Å². The zero-order chi connectivity index (χ0) is 11.0. The average Bonchev–Trinajstić information content (AvgIpc) is 2.02. The third-order valence-electron chi connectivity index (χ3n) is 2.05. The van der Waals surface area contributed by atoms with E-state index in [0.29, 0.717) is 6.04 Å². The molecular formula is C11H27N3. The number of hydrogen-bond donors (Lipinski definition) is 2. The minimum atomic E-state index is 0.564. The second kappa shape index (κ2) is 8.21. The van der Waals surface area contributed by atoms with E-state index in [2.05, 4.69) is 50.4 Å². The van der Waals surface area contributed by atoms with Crippen LogP contribution in [0.25, 0.3) is 0 Å². The summed E-state index contributed by atoms with van der Waals surface area (Å²) < 4.78 is 0. The lowest BCUT2D eigenvalue weighted by molar-refractivity contribution is 0.381. The van der Waals surface area contributed by atoms with E-state index in [0.717, 1.165) is 32.1 Å². The van der Waals surface area contributed by atoms with Crippen molar-refractivity contribution in [3.05, 3.63) is 0 Å². The first-order valence-corrected chi connectivity index (χ1v) is 5.61. The van der Waals surface area contributed by atoms with Crippen LogP contribution in [-0.2, 0) is 0 Å². The second-order valence-electron chi connectivity index (χ2n) is 4.71. The average molecular weight is 201 g/mol. The van der Waals surface area contributed by atoms with Crippen LogP contribution < -0.4 is 10.6 Å². The Morgan fingerprint density at radius 1 is 1.07 bits per heavy atom. The van der Waals surface area contributed by atoms with Crippen molar-refractivity contribution in [2.24, 2.45) is 5.92 Å². The molecule has 3 nitrogen and oxygen atoms in total. The molecule has 0 rings (SSSR count). The topological polar surface area (TPSA) is 27.3 Å². The minimum absolute atomic E-state index is 0.564. The predicted molar refractivity (Wildman–Crippen MR) is 63.7 cm³/mol. The number of nitrogens with zero attached hydrogens (tertiary/aromatic N) is 1. The molecule has 0 spiro atoms. The largest absolute Gasteiger partial charge is 0.315 e. The molecule has 3 heteroatoms. The van der Waals surface area contributed by atoms with Crippen molar-refractivity contribution in [2.45, 2.75) is 26.8 Å². The van der Waals surface area contributed by atoms with Gasteiger partial charge < -0.3 is 15.5 Å². The summed E-state index contributed by atoms with van der Waals surface area (Å²) in [7, 11) is 4.20. The van der Waals surface area contributed by atoms with Gasteiger partial charge in [-0.15, -0.1) is 0 Å². The van der Waals surface area contributed by atoms with Crippen LogP contribution in [0.4, 0.5) is 0 Å². The Labute approximate surface area is 89.2 Å². The van der Waals surface area contributed by atoms with Gasteiger partial charge in [-0.3, -0.25) is 0 Å². The zero-order valence-electron chi connectivity index (χ0n) is 10.4. The lowest BCUT2D eigenvalue weighted by Gasteiger charge is -2.17. The van der Waals surface area contributed by atoms with E-state index < -0.39 is 0 Å². The van der Waals surface area contributed by atoms with E-state index in [4.69, 9.17) is 0 Å². The fraction of sp³-hybridized carbons (Fsp3) is 1.00. The lowest BCUT2D eigenvalue weighted by Crippen LogP contribution is -2.40. The molecule has 0 aromatic rings. The van der Waals surface area contributed by atoms with Crippen LogP contribution in [0.2, 0.25) is 0 Å². The van der Waals surface area contributed by atoms with Crippen LogP contribution >= 0.6 is 0 Å². The maximum absolute atomic E-state index is 3.48. The van der Waals surface area contributed by atoms with Crippen molar-refractivity contribution in [3.8, 4) is 0 Å². The van der Waals surface area contributed by atoms with Crippen LogP contribution in [0, 0.1) is 5.92 Å². The fourth-order valence-corrected chi connectivity index (χ4v) is 1.20. The molecule has 0 aromatic carbocycles. The Morgan fingerprint density at radius 2 is 1.71 bits per heavy atom. The quantitative estimate of drug-likeness (QED) is 0.607. The molecule has 0 aliphatic heterocycles. The highest BCUT2D eigenvalue weighted by molar-refractivity contribution is 4.65. The standard InChI is InChI=1S/C11H27N3/c1-10(2)8-12-9-11(3)13-6-7-14(4)5/h10-13H,6-9H2,1-5H3. The number of likely N-dealkylation sites (N-methyl/N-ethyl adjacent to an activating group) is 1. The summed E-state index contributed by atoms with van der Waals surface area (Å²) in [5.74, 6) is 0.740. The van der Waals surface area contributed by atoms with Gasteiger partial charge in [0.15, 0.2) is 0 Å². The first-order chi connectivity index (χ1) is 6.52. The minimum Gasteiger partial charge on any atom is -0.315 e. The van der Waals surface area contributed by atoms with Gasteiger partial charge in [-0.05, 0) is 33.5 Å². The van der Waals surface area contributed by atoms with Crippen molar-refractivity contribution < 1.29 is 0 Å². The Hall–Kier alpha value is -0.120. The third-order valence-corrected chi connectivity index (χ3v) is 2.05. The molecule has 0 fully saturated rings. The van der Waals surface area contributed by atoms with Crippen LogP contribution in [0.5, 0.6) is 0 Å². The van der Waals surface area contributed by atoms with Crippen molar-refractivity contribution in [1.29, 1.82) is 0 Å². The van der Waals surface area contributed by atoms with E-state index in [1.807, 2.05) is 0 Å². The predicted octanol–water partition coefficient (Wildman–Crippen LogP) is 0.772. The van der Waals surface area contributed by atoms with E-state index in [1.54, 1.807) is 0 Å². The first kappa shape index (κ1) is 13.9. The van der Waals surface area contributed by atoms with Gasteiger partial charge in [-0.2, -0.15) is 0 Å². The van der Waals surface area contributed by atoms with Gasteiger partial charge in [0.25, 0.3) is 0 Å². The number of hydrogen-bond acceptors (Lipinski definition) is 3. The highest BCUT2D eigenvalue weighted by Crippen LogP contribution is 1.87. The van der Waals surface area contributed by atoms with Crippen molar-refractivity contribution in [1.82, 2.24) is 15.5 Å². The molecule has 0 aliphatic carbocycles. The van der Waals surface area contributed by atoms with Gasteiger partial charge in [-0.1, -0.05) is 13.8 Å². The molecule has 0 radical (unpaired) electrons. The van der Waals surface area contributed by atoms with E-state index in [-0.39, 0.29) is 0 Å². The summed E-state index contributed by atoms with van der Waals surface area (Å²) >= 11 is 0. The maximum atomic E-state index is 3.48. The van der Waals surface area contributed by atoms with Crippen LogP contribution in [0.15, 0.2) is 0 Å². The van der Waals surface area contributed by atoms with Crippen molar-refractivity contribution in [3.63, 3.8) is 0 Å². The van der Waals surface area contributed by atoms with Crippen molar-refractivity contribution in [2.75, 3.05) is 40.3 Å². The fourth-order valence-electron chi connectivity index (χ4n) is 1.20. The maximum Gasteiger partial charge on any atom is 0.0164 e.